The van der Waals surface area contributed by atoms with Crippen LogP contribution < -0.4 is 5.32 Å². The highest BCUT2D eigenvalue weighted by atomic mass is 16.3. The van der Waals surface area contributed by atoms with E-state index in [0.717, 1.165) is 12.1 Å². The van der Waals surface area contributed by atoms with Crippen molar-refractivity contribution in [2.45, 2.75) is 32.2 Å². The topological polar surface area (TPSA) is 80.0 Å². The van der Waals surface area contributed by atoms with Crippen molar-refractivity contribution in [2.75, 3.05) is 6.61 Å². The lowest BCUT2D eigenvalue weighted by Gasteiger charge is -2.28. The zero-order valence-electron chi connectivity index (χ0n) is 12.3. The number of aliphatic hydroxyl groups excluding tert-OH is 1. The van der Waals surface area contributed by atoms with Crippen LogP contribution in [0.25, 0.3) is 5.69 Å². The minimum Gasteiger partial charge on any atom is -0.396 e. The smallest absolute Gasteiger partial charge is 0.291 e. The second-order valence-electron chi connectivity index (χ2n) is 5.19. The molecule has 0 saturated heterocycles. The van der Waals surface area contributed by atoms with Gasteiger partial charge in [-0.2, -0.15) is 0 Å². The van der Waals surface area contributed by atoms with E-state index in [0.29, 0.717) is 6.42 Å². The van der Waals surface area contributed by atoms with Crippen LogP contribution in [0.5, 0.6) is 0 Å². The molecule has 21 heavy (non-hydrogen) atoms. The van der Waals surface area contributed by atoms with Crippen LogP contribution in [0.4, 0.5) is 0 Å². The Morgan fingerprint density at radius 3 is 2.71 bits per heavy atom. The highest BCUT2D eigenvalue weighted by Crippen LogP contribution is 2.14. The Bertz CT molecular complexity index is 597. The molecule has 0 aliphatic rings. The predicted molar refractivity (Wildman–Crippen MR) is 79.2 cm³/mol. The van der Waals surface area contributed by atoms with Crippen molar-refractivity contribution in [3.63, 3.8) is 0 Å². The minimum absolute atomic E-state index is 0.0243. The van der Waals surface area contributed by atoms with Crippen LogP contribution in [0, 0.1) is 0 Å². The minimum atomic E-state index is -0.454. The van der Waals surface area contributed by atoms with Crippen LogP contribution in [-0.4, -0.2) is 37.9 Å². The van der Waals surface area contributed by atoms with Gasteiger partial charge in [0, 0.05) is 12.1 Å². The van der Waals surface area contributed by atoms with Gasteiger partial charge < -0.3 is 10.4 Å². The SMILES string of the molecule is CCC(C)(CCO)NC(=O)c1ncn(-c2ccccc2)n1. The third-order valence-electron chi connectivity index (χ3n) is 3.57. The maximum absolute atomic E-state index is 12.2. The monoisotopic (exact) mass is 288 g/mol. The van der Waals surface area contributed by atoms with Gasteiger partial charge >= 0.3 is 0 Å². The van der Waals surface area contributed by atoms with Crippen molar-refractivity contribution in [3.05, 3.63) is 42.5 Å². The fourth-order valence-corrected chi connectivity index (χ4v) is 1.98. The van der Waals surface area contributed by atoms with Crippen LogP contribution in [0.3, 0.4) is 0 Å². The standard InChI is InChI=1S/C15H20N4O2/c1-3-15(2,9-10-20)17-14(21)13-16-11-19(18-13)12-7-5-4-6-8-12/h4-8,11,20H,3,9-10H2,1-2H3,(H,17,21). The van der Waals surface area contributed by atoms with Crippen molar-refractivity contribution < 1.29 is 9.90 Å². The molecule has 0 bridgehead atoms. The number of aliphatic hydroxyl groups is 1. The first-order valence-corrected chi connectivity index (χ1v) is 6.98. The summed E-state index contributed by atoms with van der Waals surface area (Å²) in [4.78, 5) is 16.3. The highest BCUT2D eigenvalue weighted by Gasteiger charge is 2.25. The van der Waals surface area contributed by atoms with Gasteiger partial charge in [0.15, 0.2) is 0 Å². The van der Waals surface area contributed by atoms with E-state index in [2.05, 4.69) is 15.4 Å². The summed E-state index contributed by atoms with van der Waals surface area (Å²) in [5, 5.41) is 16.2. The number of hydrogen-bond acceptors (Lipinski definition) is 4. The molecule has 1 heterocycles. The Morgan fingerprint density at radius 1 is 1.38 bits per heavy atom. The van der Waals surface area contributed by atoms with E-state index < -0.39 is 5.54 Å². The number of carbonyl (C=O) groups is 1. The summed E-state index contributed by atoms with van der Waals surface area (Å²) in [6.07, 6.45) is 2.73. The summed E-state index contributed by atoms with van der Waals surface area (Å²) < 4.78 is 1.56. The lowest BCUT2D eigenvalue weighted by Crippen LogP contribution is -2.46. The lowest BCUT2D eigenvalue weighted by atomic mass is 9.95. The van der Waals surface area contributed by atoms with E-state index in [9.17, 15) is 4.79 Å². The molecule has 112 valence electrons. The van der Waals surface area contributed by atoms with E-state index in [1.807, 2.05) is 44.2 Å². The molecule has 2 rings (SSSR count). The van der Waals surface area contributed by atoms with Gasteiger partial charge in [0.1, 0.15) is 6.33 Å². The number of amides is 1. The van der Waals surface area contributed by atoms with Crippen molar-refractivity contribution in [1.82, 2.24) is 20.1 Å². The Balaban J connectivity index is 2.12. The normalized spacial score (nSPS) is 13.7. The molecule has 6 heteroatoms. The first-order valence-electron chi connectivity index (χ1n) is 6.98. The van der Waals surface area contributed by atoms with Gasteiger partial charge in [0.25, 0.3) is 5.91 Å². The first kappa shape index (κ1) is 15.2. The van der Waals surface area contributed by atoms with E-state index in [-0.39, 0.29) is 18.3 Å². The van der Waals surface area contributed by atoms with E-state index >= 15 is 0 Å². The van der Waals surface area contributed by atoms with Gasteiger partial charge in [-0.3, -0.25) is 4.79 Å². The molecule has 0 aliphatic heterocycles. The average molecular weight is 288 g/mol. The third kappa shape index (κ3) is 3.66. The zero-order chi connectivity index (χ0) is 15.3. The molecule has 6 nitrogen and oxygen atoms in total. The lowest BCUT2D eigenvalue weighted by molar-refractivity contribution is 0.0875. The largest absolute Gasteiger partial charge is 0.396 e. The maximum atomic E-state index is 12.2. The highest BCUT2D eigenvalue weighted by molar-refractivity contribution is 5.90. The molecular formula is C15H20N4O2. The summed E-state index contributed by atoms with van der Waals surface area (Å²) >= 11 is 0. The summed E-state index contributed by atoms with van der Waals surface area (Å²) in [6, 6.07) is 9.48. The number of aromatic nitrogens is 3. The molecule has 1 unspecified atom stereocenters. The molecule has 0 fully saturated rings. The molecule has 0 aliphatic carbocycles. The van der Waals surface area contributed by atoms with Gasteiger partial charge in [0.05, 0.1) is 5.69 Å². The number of hydrogen-bond donors (Lipinski definition) is 2. The molecule has 2 aromatic rings. The Labute approximate surface area is 123 Å². The van der Waals surface area contributed by atoms with Crippen LogP contribution in [0.1, 0.15) is 37.3 Å². The molecule has 0 spiro atoms. The maximum Gasteiger partial charge on any atom is 0.291 e. The molecule has 1 aromatic carbocycles. The van der Waals surface area contributed by atoms with Crippen LogP contribution in [-0.2, 0) is 0 Å². The van der Waals surface area contributed by atoms with Gasteiger partial charge in [-0.15, -0.1) is 5.10 Å². The molecule has 0 radical (unpaired) electrons. The average Bonchev–Trinajstić information content (AvgIpc) is 2.98. The van der Waals surface area contributed by atoms with E-state index in [1.165, 1.54) is 6.33 Å². The first-order chi connectivity index (χ1) is 10.1. The van der Waals surface area contributed by atoms with E-state index in [4.69, 9.17) is 5.11 Å². The Hall–Kier alpha value is -2.21. The second-order valence-corrected chi connectivity index (χ2v) is 5.19. The summed E-state index contributed by atoms with van der Waals surface area (Å²) in [5.41, 5.74) is 0.391. The summed E-state index contributed by atoms with van der Waals surface area (Å²) in [7, 11) is 0. The summed E-state index contributed by atoms with van der Waals surface area (Å²) in [6.45, 7) is 3.89. The predicted octanol–water partition coefficient (Wildman–Crippen LogP) is 1.55. The molecular weight excluding hydrogens is 268 g/mol. The van der Waals surface area contributed by atoms with Crippen molar-refractivity contribution in [2.24, 2.45) is 0 Å². The molecule has 0 saturated carbocycles. The van der Waals surface area contributed by atoms with Gasteiger partial charge in [-0.1, -0.05) is 25.1 Å². The summed E-state index contributed by atoms with van der Waals surface area (Å²) in [5.74, 6) is -0.209. The van der Waals surface area contributed by atoms with E-state index in [1.54, 1.807) is 4.68 Å². The fourth-order valence-electron chi connectivity index (χ4n) is 1.98. The second kappa shape index (κ2) is 6.49. The fraction of sp³-hybridized carbons (Fsp3) is 0.400. The van der Waals surface area contributed by atoms with Crippen LogP contribution >= 0.6 is 0 Å². The number of rotatable bonds is 6. The molecule has 1 amide bonds. The van der Waals surface area contributed by atoms with Gasteiger partial charge in [0.2, 0.25) is 5.82 Å². The third-order valence-corrected chi connectivity index (χ3v) is 3.57. The number of benzene rings is 1. The number of nitrogens with one attached hydrogen (secondary N) is 1. The quantitative estimate of drug-likeness (QED) is 0.845. The van der Waals surface area contributed by atoms with Gasteiger partial charge in [-0.05, 0) is 31.9 Å². The Kier molecular flexibility index (Phi) is 4.70. The Morgan fingerprint density at radius 2 is 2.10 bits per heavy atom. The molecule has 1 aromatic heterocycles. The molecule has 2 N–H and O–H groups in total. The molecule has 1 atom stereocenters. The van der Waals surface area contributed by atoms with Crippen LogP contribution in [0.15, 0.2) is 36.7 Å². The van der Waals surface area contributed by atoms with Crippen molar-refractivity contribution in [1.29, 1.82) is 0 Å². The zero-order valence-corrected chi connectivity index (χ0v) is 12.3. The van der Waals surface area contributed by atoms with Crippen molar-refractivity contribution in [3.8, 4) is 5.69 Å². The number of nitrogens with zero attached hydrogens (tertiary/aromatic N) is 3. The van der Waals surface area contributed by atoms with Gasteiger partial charge in [-0.25, -0.2) is 9.67 Å². The van der Waals surface area contributed by atoms with Crippen molar-refractivity contribution >= 4 is 5.91 Å². The number of carbonyl (C=O) groups excluding carboxylic acids is 1. The number of para-hydroxylation sites is 1. The van der Waals surface area contributed by atoms with Crippen LogP contribution in [0.2, 0.25) is 0 Å².